The topological polar surface area (TPSA) is 70.6 Å². The SMILES string of the molecule is O=C(CCCC(=O)Nc1ccc(Br)cc1)NN=Cc1ccc(I)cc1. The van der Waals surface area contributed by atoms with Crippen molar-refractivity contribution in [3.63, 3.8) is 0 Å². The predicted octanol–water partition coefficient (Wildman–Crippen LogP) is 4.31. The number of hydrogen-bond donors (Lipinski definition) is 2. The summed E-state index contributed by atoms with van der Waals surface area (Å²) in [6.45, 7) is 0. The molecule has 0 saturated carbocycles. The fourth-order valence-electron chi connectivity index (χ4n) is 1.95. The Morgan fingerprint density at radius 3 is 2.32 bits per heavy atom. The van der Waals surface area contributed by atoms with Crippen molar-refractivity contribution in [1.82, 2.24) is 5.43 Å². The molecule has 0 aromatic heterocycles. The Morgan fingerprint density at radius 1 is 1.00 bits per heavy atom. The fraction of sp³-hybridized carbons (Fsp3) is 0.167. The molecule has 0 fully saturated rings. The summed E-state index contributed by atoms with van der Waals surface area (Å²) in [5.41, 5.74) is 4.11. The Bertz CT molecular complexity index is 746. The van der Waals surface area contributed by atoms with Crippen LogP contribution in [0.4, 0.5) is 5.69 Å². The third-order valence-corrected chi connectivity index (χ3v) is 4.46. The van der Waals surface area contributed by atoms with Crippen LogP contribution in [-0.4, -0.2) is 18.0 Å². The van der Waals surface area contributed by atoms with E-state index in [-0.39, 0.29) is 24.7 Å². The second kappa shape index (κ2) is 10.3. The van der Waals surface area contributed by atoms with E-state index in [2.05, 4.69) is 54.4 Å². The molecule has 0 saturated heterocycles. The quantitative estimate of drug-likeness (QED) is 0.329. The highest BCUT2D eigenvalue weighted by molar-refractivity contribution is 14.1. The van der Waals surface area contributed by atoms with Crippen LogP contribution >= 0.6 is 38.5 Å². The lowest BCUT2D eigenvalue weighted by molar-refractivity contribution is -0.121. The number of nitrogens with zero attached hydrogens (tertiary/aromatic N) is 1. The maximum atomic E-state index is 11.8. The summed E-state index contributed by atoms with van der Waals surface area (Å²) in [7, 11) is 0. The molecule has 0 aliphatic rings. The Balaban J connectivity index is 1.65. The van der Waals surface area contributed by atoms with E-state index in [9.17, 15) is 9.59 Å². The largest absolute Gasteiger partial charge is 0.326 e. The molecule has 130 valence electrons. The van der Waals surface area contributed by atoms with Crippen LogP contribution < -0.4 is 10.7 Å². The molecule has 5 nitrogen and oxygen atoms in total. The number of benzene rings is 2. The Labute approximate surface area is 168 Å². The van der Waals surface area contributed by atoms with Gasteiger partial charge in [-0.3, -0.25) is 9.59 Å². The fourth-order valence-corrected chi connectivity index (χ4v) is 2.57. The van der Waals surface area contributed by atoms with E-state index in [1.54, 1.807) is 6.21 Å². The van der Waals surface area contributed by atoms with Gasteiger partial charge in [0.2, 0.25) is 11.8 Å². The van der Waals surface area contributed by atoms with Crippen LogP contribution in [0.5, 0.6) is 0 Å². The lowest BCUT2D eigenvalue weighted by Crippen LogP contribution is -2.18. The van der Waals surface area contributed by atoms with Crippen molar-refractivity contribution in [1.29, 1.82) is 0 Å². The highest BCUT2D eigenvalue weighted by Crippen LogP contribution is 2.14. The van der Waals surface area contributed by atoms with E-state index in [1.807, 2.05) is 48.5 Å². The summed E-state index contributed by atoms with van der Waals surface area (Å²) >= 11 is 5.56. The number of hydrazone groups is 1. The maximum Gasteiger partial charge on any atom is 0.240 e. The van der Waals surface area contributed by atoms with Crippen LogP contribution in [0.25, 0.3) is 0 Å². The first kappa shape index (κ1) is 19.6. The summed E-state index contributed by atoms with van der Waals surface area (Å²) in [5, 5.41) is 6.70. The second-order valence-corrected chi connectivity index (χ2v) is 7.41. The molecule has 2 rings (SSSR count). The van der Waals surface area contributed by atoms with Gasteiger partial charge in [0.05, 0.1) is 6.21 Å². The van der Waals surface area contributed by atoms with Gasteiger partial charge in [-0.15, -0.1) is 0 Å². The molecule has 2 N–H and O–H groups in total. The Morgan fingerprint density at radius 2 is 1.64 bits per heavy atom. The van der Waals surface area contributed by atoms with Gasteiger partial charge in [-0.1, -0.05) is 28.1 Å². The standard InChI is InChI=1S/C18H17BrIN3O2/c19-14-6-10-16(11-7-14)22-17(24)2-1-3-18(25)23-21-12-13-4-8-15(20)9-5-13/h4-12H,1-3H2,(H,22,24)(H,23,25). The van der Waals surface area contributed by atoms with Gasteiger partial charge in [0.15, 0.2) is 0 Å². The second-order valence-electron chi connectivity index (χ2n) is 5.25. The van der Waals surface area contributed by atoms with E-state index < -0.39 is 0 Å². The lowest BCUT2D eigenvalue weighted by Gasteiger charge is -2.05. The van der Waals surface area contributed by atoms with E-state index in [1.165, 1.54) is 0 Å². The third kappa shape index (κ3) is 7.78. The molecule has 0 spiro atoms. The molecular formula is C18H17BrIN3O2. The van der Waals surface area contributed by atoms with Crippen LogP contribution in [0, 0.1) is 3.57 Å². The minimum atomic E-state index is -0.210. The average molecular weight is 514 g/mol. The van der Waals surface area contributed by atoms with E-state index in [0.29, 0.717) is 6.42 Å². The molecule has 2 aromatic rings. The number of amides is 2. The zero-order chi connectivity index (χ0) is 18.1. The third-order valence-electron chi connectivity index (χ3n) is 3.21. The smallest absolute Gasteiger partial charge is 0.240 e. The number of halogens is 2. The predicted molar refractivity (Wildman–Crippen MR) is 112 cm³/mol. The van der Waals surface area contributed by atoms with Gasteiger partial charge in [-0.2, -0.15) is 5.10 Å². The number of hydrogen-bond acceptors (Lipinski definition) is 3. The first-order chi connectivity index (χ1) is 12.0. The van der Waals surface area contributed by atoms with Crippen molar-refractivity contribution in [2.75, 3.05) is 5.32 Å². The number of nitrogens with one attached hydrogen (secondary N) is 2. The molecule has 2 aromatic carbocycles. The van der Waals surface area contributed by atoms with Gasteiger partial charge in [-0.25, -0.2) is 5.43 Å². The molecule has 2 amide bonds. The van der Waals surface area contributed by atoms with Gasteiger partial charge < -0.3 is 5.32 Å². The van der Waals surface area contributed by atoms with Gasteiger partial charge in [0, 0.05) is 26.6 Å². The van der Waals surface area contributed by atoms with Crippen molar-refractivity contribution in [3.05, 3.63) is 62.1 Å². The van der Waals surface area contributed by atoms with Crippen molar-refractivity contribution in [2.45, 2.75) is 19.3 Å². The highest BCUT2D eigenvalue weighted by atomic mass is 127. The van der Waals surface area contributed by atoms with Crippen LogP contribution in [0.3, 0.4) is 0 Å². The van der Waals surface area contributed by atoms with Crippen LogP contribution in [-0.2, 0) is 9.59 Å². The van der Waals surface area contributed by atoms with E-state index in [0.717, 1.165) is 19.3 Å². The normalized spacial score (nSPS) is 10.6. The first-order valence-electron chi connectivity index (χ1n) is 7.66. The summed E-state index contributed by atoms with van der Waals surface area (Å²) in [6.07, 6.45) is 2.59. The molecule has 25 heavy (non-hydrogen) atoms. The molecule has 0 atom stereocenters. The molecule has 0 aliphatic heterocycles. The van der Waals surface area contributed by atoms with Gasteiger partial charge in [0.25, 0.3) is 0 Å². The Kier molecular flexibility index (Phi) is 8.07. The van der Waals surface area contributed by atoms with Gasteiger partial charge in [0.1, 0.15) is 0 Å². The summed E-state index contributed by atoms with van der Waals surface area (Å²) in [4.78, 5) is 23.5. The molecule has 0 radical (unpaired) electrons. The molecule has 0 bridgehead atoms. The Hall–Kier alpha value is -1.74. The van der Waals surface area contributed by atoms with Crippen molar-refractivity contribution in [3.8, 4) is 0 Å². The molecular weight excluding hydrogens is 497 g/mol. The molecule has 0 heterocycles. The van der Waals surface area contributed by atoms with E-state index >= 15 is 0 Å². The summed E-state index contributed by atoms with van der Waals surface area (Å²) in [5.74, 6) is -0.323. The van der Waals surface area contributed by atoms with Crippen LogP contribution in [0.15, 0.2) is 58.1 Å². The first-order valence-corrected chi connectivity index (χ1v) is 9.53. The van der Waals surface area contributed by atoms with E-state index in [4.69, 9.17) is 0 Å². The molecule has 0 unspecified atom stereocenters. The zero-order valence-corrected chi connectivity index (χ0v) is 17.1. The van der Waals surface area contributed by atoms with Crippen LogP contribution in [0.2, 0.25) is 0 Å². The minimum absolute atomic E-state index is 0.113. The van der Waals surface area contributed by atoms with Crippen molar-refractivity contribution >= 4 is 62.2 Å². The maximum absolute atomic E-state index is 11.8. The number of anilines is 1. The van der Waals surface area contributed by atoms with Crippen molar-refractivity contribution in [2.24, 2.45) is 5.10 Å². The van der Waals surface area contributed by atoms with Gasteiger partial charge in [-0.05, 0) is 71.0 Å². The van der Waals surface area contributed by atoms with Crippen molar-refractivity contribution < 1.29 is 9.59 Å². The lowest BCUT2D eigenvalue weighted by atomic mass is 10.2. The number of rotatable bonds is 7. The summed E-state index contributed by atoms with van der Waals surface area (Å²) in [6, 6.07) is 15.1. The zero-order valence-electron chi connectivity index (χ0n) is 13.3. The summed E-state index contributed by atoms with van der Waals surface area (Å²) < 4.78 is 2.09. The van der Waals surface area contributed by atoms with Gasteiger partial charge >= 0.3 is 0 Å². The number of carbonyl (C=O) groups excluding carboxylic acids is 2. The monoisotopic (exact) mass is 513 g/mol. The van der Waals surface area contributed by atoms with Crippen LogP contribution in [0.1, 0.15) is 24.8 Å². The number of carbonyl (C=O) groups is 2. The average Bonchev–Trinajstić information content (AvgIpc) is 2.59. The highest BCUT2D eigenvalue weighted by Gasteiger charge is 2.05. The molecule has 7 heteroatoms. The molecule has 0 aliphatic carbocycles. The minimum Gasteiger partial charge on any atom is -0.326 e.